The van der Waals surface area contributed by atoms with E-state index in [0.717, 1.165) is 28.9 Å². The quantitative estimate of drug-likeness (QED) is 0.0889. The van der Waals surface area contributed by atoms with Crippen LogP contribution in [0.5, 0.6) is 5.75 Å². The molecule has 1 amide bonds. The summed E-state index contributed by atoms with van der Waals surface area (Å²) in [6.07, 6.45) is 18.4. The van der Waals surface area contributed by atoms with Crippen LogP contribution in [0.3, 0.4) is 0 Å². The van der Waals surface area contributed by atoms with Crippen molar-refractivity contribution >= 4 is 62.9 Å². The Kier molecular flexibility index (Phi) is 11.2. The van der Waals surface area contributed by atoms with E-state index in [0.29, 0.717) is 14.9 Å². The van der Waals surface area contributed by atoms with Crippen LogP contribution in [-0.2, 0) is 4.79 Å². The number of nitrogens with zero attached hydrogens (tertiary/aromatic N) is 4. The second-order valence-corrected chi connectivity index (χ2v) is 12.6. The molecule has 0 unspecified atom stereocenters. The molecule has 0 saturated carbocycles. The summed E-state index contributed by atoms with van der Waals surface area (Å²) in [6.45, 7) is 3.28. The number of rotatable bonds is 13. The Hall–Kier alpha value is -4.01. The molecule has 0 aliphatic carbocycles. The van der Waals surface area contributed by atoms with Crippen molar-refractivity contribution in [1.29, 1.82) is 0 Å². The summed E-state index contributed by atoms with van der Waals surface area (Å²) in [4.78, 5) is 17.4. The number of anilines is 2. The van der Waals surface area contributed by atoms with Crippen molar-refractivity contribution in [2.75, 3.05) is 16.3 Å². The molecule has 2 aliphatic heterocycles. The van der Waals surface area contributed by atoms with Crippen LogP contribution in [0.25, 0.3) is 11.6 Å². The number of carbonyl (C=O) groups excluding carboxylic acids is 1. The molecule has 1 saturated heterocycles. The van der Waals surface area contributed by atoms with E-state index in [4.69, 9.17) is 12.2 Å². The Morgan fingerprint density at radius 3 is 2.34 bits per heavy atom. The van der Waals surface area contributed by atoms with Gasteiger partial charge < -0.3 is 10.0 Å². The van der Waals surface area contributed by atoms with Gasteiger partial charge in [-0.1, -0.05) is 106 Å². The molecule has 3 aromatic carbocycles. The molecule has 2 aliphatic rings. The van der Waals surface area contributed by atoms with Gasteiger partial charge in [-0.3, -0.25) is 9.69 Å². The van der Waals surface area contributed by atoms with Crippen molar-refractivity contribution in [3.8, 4) is 5.75 Å². The number of phenolic OH excluding ortho intramolecular Hbond substituents is 1. The van der Waals surface area contributed by atoms with Crippen molar-refractivity contribution < 1.29 is 9.90 Å². The summed E-state index contributed by atoms with van der Waals surface area (Å²) in [7, 11) is 0. The molecule has 2 heterocycles. The van der Waals surface area contributed by atoms with Crippen LogP contribution in [0.2, 0.25) is 0 Å². The molecular formula is C36H38N4O2S2. The first-order valence-electron chi connectivity index (χ1n) is 15.4. The highest BCUT2D eigenvalue weighted by Gasteiger charge is 2.33. The predicted molar refractivity (Wildman–Crippen MR) is 188 cm³/mol. The number of amides is 1. The fourth-order valence-corrected chi connectivity index (χ4v) is 6.57. The minimum atomic E-state index is -0.182. The van der Waals surface area contributed by atoms with Gasteiger partial charge in [0.25, 0.3) is 5.91 Å². The monoisotopic (exact) mass is 622 g/mol. The second kappa shape index (κ2) is 15.6. The third kappa shape index (κ3) is 8.12. The molecule has 8 heteroatoms. The van der Waals surface area contributed by atoms with Gasteiger partial charge in [-0.15, -0.1) is 0 Å². The summed E-state index contributed by atoms with van der Waals surface area (Å²) >= 11 is 6.71. The number of hydrogen-bond acceptors (Lipinski definition) is 7. The van der Waals surface area contributed by atoms with Crippen LogP contribution in [0.15, 0.2) is 106 Å². The number of aromatic hydroxyl groups is 1. The average Bonchev–Trinajstić information content (AvgIpc) is 3.32. The lowest BCUT2D eigenvalue weighted by Crippen LogP contribution is -2.27. The van der Waals surface area contributed by atoms with E-state index in [2.05, 4.69) is 58.6 Å². The van der Waals surface area contributed by atoms with Crippen LogP contribution in [0.4, 0.5) is 17.1 Å². The van der Waals surface area contributed by atoms with Crippen molar-refractivity contribution in [1.82, 2.24) is 0 Å². The first-order chi connectivity index (χ1) is 21.5. The second-order valence-electron chi connectivity index (χ2n) is 10.9. The third-order valence-electron chi connectivity index (χ3n) is 7.67. The number of thiocarbonyl (C=S) groups is 1. The summed E-state index contributed by atoms with van der Waals surface area (Å²) in [5, 5.41) is 18.4. The largest absolute Gasteiger partial charge is 0.508 e. The number of unbranched alkanes of at least 4 members (excludes halogenated alkanes) is 7. The van der Waals surface area contributed by atoms with E-state index >= 15 is 0 Å². The molecule has 44 heavy (non-hydrogen) atoms. The molecule has 1 fully saturated rings. The lowest BCUT2D eigenvalue weighted by atomic mass is 10.0. The van der Waals surface area contributed by atoms with Crippen LogP contribution < -0.4 is 9.80 Å². The van der Waals surface area contributed by atoms with Crippen LogP contribution in [0.1, 0.15) is 69.4 Å². The van der Waals surface area contributed by atoms with Crippen molar-refractivity contribution in [2.45, 2.75) is 58.3 Å². The number of para-hydroxylation sites is 1. The minimum absolute atomic E-state index is 0.138. The zero-order chi connectivity index (χ0) is 30.7. The van der Waals surface area contributed by atoms with Gasteiger partial charge in [-0.25, -0.2) is 0 Å². The Morgan fingerprint density at radius 2 is 1.59 bits per heavy atom. The van der Waals surface area contributed by atoms with Crippen molar-refractivity contribution in [2.24, 2.45) is 10.2 Å². The van der Waals surface area contributed by atoms with Crippen molar-refractivity contribution in [3.63, 3.8) is 0 Å². The van der Waals surface area contributed by atoms with Gasteiger partial charge in [-0.2, -0.15) is 10.2 Å². The zero-order valence-electron chi connectivity index (χ0n) is 25.1. The summed E-state index contributed by atoms with van der Waals surface area (Å²) in [6, 6.07) is 22.5. The number of hydrogen-bond donors (Lipinski definition) is 1. The normalized spacial score (nSPS) is 16.6. The molecule has 6 nitrogen and oxygen atoms in total. The van der Waals surface area contributed by atoms with Crippen LogP contribution in [-0.4, -0.2) is 21.9 Å². The Balaban J connectivity index is 1.17. The topological polar surface area (TPSA) is 68.5 Å². The van der Waals surface area contributed by atoms with Gasteiger partial charge in [0.15, 0.2) is 4.32 Å². The number of allylic oxidation sites excluding steroid dienone is 2. The van der Waals surface area contributed by atoms with Gasteiger partial charge in [0.2, 0.25) is 0 Å². The SMILES string of the molecule is CCCCCCCCCCN1C=C/C(=C/N=Nc2ccc(/C=C3/SC(=S)N(c4ccc(O)cc4)C3=O)cc2)c2ccccc21. The summed E-state index contributed by atoms with van der Waals surface area (Å²) in [5.41, 5.74) is 5.62. The molecule has 5 rings (SSSR count). The Bertz CT molecular complexity index is 1580. The highest BCUT2D eigenvalue weighted by molar-refractivity contribution is 8.27. The summed E-state index contributed by atoms with van der Waals surface area (Å²) < 4.78 is 0.458. The molecule has 1 N–H and O–H groups in total. The number of azo groups is 1. The molecule has 226 valence electrons. The third-order valence-corrected chi connectivity index (χ3v) is 8.98. The highest BCUT2D eigenvalue weighted by atomic mass is 32.2. The maximum Gasteiger partial charge on any atom is 0.270 e. The number of benzene rings is 3. The Labute approximate surface area is 269 Å². The highest BCUT2D eigenvalue weighted by Crippen LogP contribution is 2.37. The molecule has 0 aromatic heterocycles. The summed E-state index contributed by atoms with van der Waals surface area (Å²) in [5.74, 6) is -0.0440. The first-order valence-corrected chi connectivity index (χ1v) is 16.6. The fraction of sp³-hybridized carbons (Fsp3) is 0.278. The maximum absolute atomic E-state index is 13.0. The molecule has 3 aromatic rings. The molecule has 0 bridgehead atoms. The van der Waals surface area contributed by atoms with E-state index in [1.54, 1.807) is 12.1 Å². The molecular weight excluding hydrogens is 585 g/mol. The van der Waals surface area contributed by atoms with E-state index in [1.807, 2.05) is 36.5 Å². The van der Waals surface area contributed by atoms with Crippen LogP contribution >= 0.6 is 24.0 Å². The van der Waals surface area contributed by atoms with E-state index in [9.17, 15) is 9.90 Å². The number of carbonyl (C=O) groups is 1. The standard InChI is InChI=1S/C36H38N4O2S2/c1-2-3-4-5-6-7-8-11-23-39-24-22-28(32-12-9-10-13-33(32)39)26-37-38-29-16-14-27(15-17-29)25-34-35(42)40(36(43)44-34)30-18-20-31(41)21-19-30/h9-10,12-22,24-26,41H,2-8,11,23H2,1H3/b28-26-,34-25+,38-37?. The average molecular weight is 623 g/mol. The molecule has 0 radical (unpaired) electrons. The number of thioether (sulfide) groups is 1. The molecule has 0 atom stereocenters. The number of fused-ring (bicyclic) bond motifs is 1. The predicted octanol–water partition coefficient (Wildman–Crippen LogP) is 10.4. The molecule has 0 spiro atoms. The fourth-order valence-electron chi connectivity index (χ4n) is 5.27. The van der Waals surface area contributed by atoms with Crippen LogP contribution in [0, 0.1) is 0 Å². The van der Waals surface area contributed by atoms with E-state index in [1.165, 1.54) is 85.8 Å². The van der Waals surface area contributed by atoms with Gasteiger partial charge in [-0.05, 0) is 66.6 Å². The number of phenols is 1. The van der Waals surface area contributed by atoms with Gasteiger partial charge in [0.05, 0.1) is 22.5 Å². The lowest BCUT2D eigenvalue weighted by Gasteiger charge is -2.27. The van der Waals surface area contributed by atoms with Gasteiger partial charge in [0.1, 0.15) is 5.75 Å². The lowest BCUT2D eigenvalue weighted by molar-refractivity contribution is -0.113. The zero-order valence-corrected chi connectivity index (χ0v) is 26.7. The van der Waals surface area contributed by atoms with E-state index < -0.39 is 0 Å². The maximum atomic E-state index is 13.0. The van der Waals surface area contributed by atoms with E-state index in [-0.39, 0.29) is 11.7 Å². The first kappa shape index (κ1) is 31.4. The smallest absolute Gasteiger partial charge is 0.270 e. The van der Waals surface area contributed by atoms with Crippen molar-refractivity contribution in [3.05, 3.63) is 107 Å². The van der Waals surface area contributed by atoms with Gasteiger partial charge >= 0.3 is 0 Å². The van der Waals surface area contributed by atoms with Gasteiger partial charge in [0, 0.05) is 29.6 Å². The minimum Gasteiger partial charge on any atom is -0.508 e. The Morgan fingerprint density at radius 1 is 0.886 bits per heavy atom.